The number of hydrogen-bond donors (Lipinski definition) is 0. The monoisotopic (exact) mass is 339 g/mol. The third-order valence-corrected chi connectivity index (χ3v) is 4.98. The number of amides is 1. The molecule has 4 rings (SSSR count). The average molecular weight is 339 g/mol. The first kappa shape index (κ1) is 16.3. The molecule has 1 heterocycles. The second-order valence-electron chi connectivity index (χ2n) is 6.50. The van der Waals surface area contributed by atoms with Gasteiger partial charge in [0.05, 0.1) is 0 Å². The minimum absolute atomic E-state index is 0.143. The third-order valence-electron chi connectivity index (χ3n) is 4.98. The Labute approximate surface area is 154 Å². The quantitative estimate of drug-likeness (QED) is 0.605. The van der Waals surface area contributed by atoms with Crippen LogP contribution < -0.4 is 0 Å². The van der Waals surface area contributed by atoms with E-state index in [9.17, 15) is 4.79 Å². The molecule has 26 heavy (non-hydrogen) atoms. The zero-order chi connectivity index (χ0) is 17.8. The molecular weight excluding hydrogens is 318 g/mol. The van der Waals surface area contributed by atoms with E-state index in [1.807, 2.05) is 65.7 Å². The van der Waals surface area contributed by atoms with Gasteiger partial charge in [-0.1, -0.05) is 97.1 Å². The molecule has 3 aromatic carbocycles. The molecule has 128 valence electrons. The fourth-order valence-electron chi connectivity index (χ4n) is 3.84. The summed E-state index contributed by atoms with van der Waals surface area (Å²) in [5, 5.41) is 0. The standard InChI is InChI=1S/C24H21NO/c26-23-18-10-11-19-25(23)24(20-12-4-1-5-13-20,21-14-6-2-7-15-21)22-16-8-3-9-17-22/h1-9,11-17,19H,10,18H2. The summed E-state index contributed by atoms with van der Waals surface area (Å²) in [6.45, 7) is 0. The molecular formula is C24H21NO. The summed E-state index contributed by atoms with van der Waals surface area (Å²) in [4.78, 5) is 14.9. The van der Waals surface area contributed by atoms with E-state index in [0.29, 0.717) is 6.42 Å². The molecule has 0 saturated heterocycles. The van der Waals surface area contributed by atoms with Crippen LogP contribution in [0.1, 0.15) is 29.5 Å². The van der Waals surface area contributed by atoms with E-state index in [1.54, 1.807) is 0 Å². The molecule has 0 saturated carbocycles. The molecule has 1 aliphatic rings. The van der Waals surface area contributed by atoms with Crippen LogP contribution in [0.4, 0.5) is 0 Å². The van der Waals surface area contributed by atoms with Crippen LogP contribution in [0.5, 0.6) is 0 Å². The van der Waals surface area contributed by atoms with Crippen molar-refractivity contribution in [1.82, 2.24) is 4.90 Å². The molecule has 0 fully saturated rings. The van der Waals surface area contributed by atoms with E-state index in [2.05, 4.69) is 42.5 Å². The van der Waals surface area contributed by atoms with Gasteiger partial charge in [0, 0.05) is 12.6 Å². The molecule has 1 aliphatic heterocycles. The number of carbonyl (C=O) groups excluding carboxylic acids is 1. The van der Waals surface area contributed by atoms with Gasteiger partial charge in [0.2, 0.25) is 5.91 Å². The molecule has 0 bridgehead atoms. The molecule has 0 radical (unpaired) electrons. The summed E-state index contributed by atoms with van der Waals surface area (Å²) in [5.74, 6) is 0.143. The van der Waals surface area contributed by atoms with Crippen molar-refractivity contribution in [2.24, 2.45) is 0 Å². The number of benzene rings is 3. The number of allylic oxidation sites excluding steroid dienone is 1. The van der Waals surface area contributed by atoms with Gasteiger partial charge in [-0.2, -0.15) is 0 Å². The maximum absolute atomic E-state index is 13.0. The first-order valence-electron chi connectivity index (χ1n) is 8.99. The van der Waals surface area contributed by atoms with Crippen molar-refractivity contribution in [3.63, 3.8) is 0 Å². The fourth-order valence-corrected chi connectivity index (χ4v) is 3.84. The highest BCUT2D eigenvalue weighted by Gasteiger charge is 2.44. The Kier molecular flexibility index (Phi) is 4.40. The SMILES string of the molecule is O=C1CCC=CN1C(c1ccccc1)(c1ccccc1)c1ccccc1. The van der Waals surface area contributed by atoms with Crippen molar-refractivity contribution in [2.75, 3.05) is 0 Å². The van der Waals surface area contributed by atoms with Crippen molar-refractivity contribution in [3.05, 3.63) is 120 Å². The van der Waals surface area contributed by atoms with E-state index in [1.165, 1.54) is 0 Å². The first-order valence-corrected chi connectivity index (χ1v) is 8.99. The Bertz CT molecular complexity index is 804. The zero-order valence-electron chi connectivity index (χ0n) is 14.6. The molecule has 2 heteroatoms. The second kappa shape index (κ2) is 7.01. The van der Waals surface area contributed by atoms with E-state index in [0.717, 1.165) is 23.1 Å². The van der Waals surface area contributed by atoms with Crippen LogP contribution in [0.25, 0.3) is 0 Å². The number of hydrogen-bond acceptors (Lipinski definition) is 1. The van der Waals surface area contributed by atoms with Crippen LogP contribution in [0.15, 0.2) is 103 Å². The molecule has 1 amide bonds. The van der Waals surface area contributed by atoms with Crippen LogP contribution in [-0.2, 0) is 10.3 Å². The van der Waals surface area contributed by atoms with Crippen molar-refractivity contribution < 1.29 is 4.79 Å². The maximum Gasteiger partial charge on any atom is 0.228 e. The molecule has 0 spiro atoms. The molecule has 0 aliphatic carbocycles. The Morgan fingerprint density at radius 3 is 1.46 bits per heavy atom. The molecule has 0 unspecified atom stereocenters. The van der Waals surface area contributed by atoms with Crippen LogP contribution in [0, 0.1) is 0 Å². The second-order valence-corrected chi connectivity index (χ2v) is 6.50. The van der Waals surface area contributed by atoms with Crippen LogP contribution in [0.3, 0.4) is 0 Å². The van der Waals surface area contributed by atoms with Gasteiger partial charge in [-0.25, -0.2) is 0 Å². The summed E-state index contributed by atoms with van der Waals surface area (Å²) in [7, 11) is 0. The van der Waals surface area contributed by atoms with Gasteiger partial charge in [0.25, 0.3) is 0 Å². The van der Waals surface area contributed by atoms with Crippen LogP contribution in [-0.4, -0.2) is 10.8 Å². The van der Waals surface area contributed by atoms with Gasteiger partial charge in [0.1, 0.15) is 5.54 Å². The molecule has 0 atom stereocenters. The summed E-state index contributed by atoms with van der Waals surface area (Å²) >= 11 is 0. The summed E-state index contributed by atoms with van der Waals surface area (Å²) in [5.41, 5.74) is 2.56. The highest BCUT2D eigenvalue weighted by atomic mass is 16.2. The Balaban J connectivity index is 2.09. The van der Waals surface area contributed by atoms with Gasteiger partial charge in [-0.3, -0.25) is 4.79 Å². The smallest absolute Gasteiger partial charge is 0.228 e. The zero-order valence-corrected chi connectivity index (χ0v) is 14.6. The van der Waals surface area contributed by atoms with Crippen molar-refractivity contribution in [3.8, 4) is 0 Å². The van der Waals surface area contributed by atoms with Crippen LogP contribution >= 0.6 is 0 Å². The Morgan fingerprint density at radius 2 is 1.08 bits per heavy atom. The Hall–Kier alpha value is -3.13. The summed E-state index contributed by atoms with van der Waals surface area (Å²) in [6.07, 6.45) is 5.37. The van der Waals surface area contributed by atoms with Crippen molar-refractivity contribution in [2.45, 2.75) is 18.4 Å². The predicted molar refractivity (Wildman–Crippen MR) is 104 cm³/mol. The maximum atomic E-state index is 13.0. The van der Waals surface area contributed by atoms with Gasteiger partial charge < -0.3 is 4.90 Å². The fraction of sp³-hybridized carbons (Fsp3) is 0.125. The summed E-state index contributed by atoms with van der Waals surface area (Å²) in [6, 6.07) is 30.9. The molecule has 2 nitrogen and oxygen atoms in total. The van der Waals surface area contributed by atoms with E-state index in [4.69, 9.17) is 0 Å². The van der Waals surface area contributed by atoms with E-state index in [-0.39, 0.29) is 5.91 Å². The van der Waals surface area contributed by atoms with Crippen LogP contribution in [0.2, 0.25) is 0 Å². The lowest BCUT2D eigenvalue weighted by atomic mass is 9.75. The van der Waals surface area contributed by atoms with Gasteiger partial charge >= 0.3 is 0 Å². The highest BCUT2D eigenvalue weighted by molar-refractivity contribution is 5.81. The number of carbonyl (C=O) groups is 1. The van der Waals surface area contributed by atoms with E-state index >= 15 is 0 Å². The lowest BCUT2D eigenvalue weighted by Gasteiger charge is -2.45. The largest absolute Gasteiger partial charge is 0.301 e. The minimum Gasteiger partial charge on any atom is -0.301 e. The first-order chi connectivity index (χ1) is 12.8. The highest BCUT2D eigenvalue weighted by Crippen LogP contribution is 2.43. The lowest BCUT2D eigenvalue weighted by molar-refractivity contribution is -0.132. The third kappa shape index (κ3) is 2.64. The van der Waals surface area contributed by atoms with E-state index < -0.39 is 5.54 Å². The topological polar surface area (TPSA) is 20.3 Å². The molecule has 0 N–H and O–H groups in total. The van der Waals surface area contributed by atoms with Gasteiger partial charge in [0.15, 0.2) is 0 Å². The van der Waals surface area contributed by atoms with Gasteiger partial charge in [-0.05, 0) is 23.1 Å². The number of rotatable bonds is 4. The lowest BCUT2D eigenvalue weighted by Crippen LogP contribution is -2.49. The predicted octanol–water partition coefficient (Wildman–Crippen LogP) is 5.11. The Morgan fingerprint density at radius 1 is 0.654 bits per heavy atom. The van der Waals surface area contributed by atoms with Gasteiger partial charge in [-0.15, -0.1) is 0 Å². The normalized spacial score (nSPS) is 14.5. The van der Waals surface area contributed by atoms with Crippen molar-refractivity contribution >= 4 is 5.91 Å². The minimum atomic E-state index is -0.683. The van der Waals surface area contributed by atoms with Crippen molar-refractivity contribution in [1.29, 1.82) is 0 Å². The number of nitrogens with zero attached hydrogens (tertiary/aromatic N) is 1. The molecule has 3 aromatic rings. The average Bonchev–Trinajstić information content (AvgIpc) is 2.72. The molecule has 0 aromatic heterocycles. The summed E-state index contributed by atoms with van der Waals surface area (Å²) < 4.78 is 0.